The molecule has 1 saturated heterocycles. The number of rotatable bonds is 8. The van der Waals surface area contributed by atoms with Crippen LogP contribution < -0.4 is 25.0 Å². The highest BCUT2D eigenvalue weighted by Gasteiger charge is 2.24. The molecular weight excluding hydrogens is 486 g/mol. The van der Waals surface area contributed by atoms with E-state index in [9.17, 15) is 13.6 Å². The van der Waals surface area contributed by atoms with Gasteiger partial charge in [0.25, 0.3) is 0 Å². The van der Waals surface area contributed by atoms with Crippen molar-refractivity contribution in [3.05, 3.63) is 59.6 Å². The average Bonchev–Trinajstić information content (AvgIpc) is 2.89. The third-order valence-corrected chi connectivity index (χ3v) is 5.78. The van der Waals surface area contributed by atoms with Crippen molar-refractivity contribution in [1.29, 1.82) is 0 Å². The molecule has 3 aromatic rings. The SMILES string of the molecule is COC(=O)c1cc(OC)c(F)c(COc2cnc(Nc3ccnc(N4C[C@@H](C)N[C@@H](C)C4)c3)nc2)c1F. The minimum absolute atomic E-state index is 0.172. The van der Waals surface area contributed by atoms with Crippen LogP contribution in [0.2, 0.25) is 0 Å². The molecule has 1 aliphatic heterocycles. The first-order valence-corrected chi connectivity index (χ1v) is 11.6. The minimum Gasteiger partial charge on any atom is -0.494 e. The van der Waals surface area contributed by atoms with Gasteiger partial charge in [0.15, 0.2) is 17.3 Å². The van der Waals surface area contributed by atoms with Gasteiger partial charge in [-0.25, -0.2) is 28.5 Å². The number of nitrogens with one attached hydrogen (secondary N) is 2. The number of pyridine rings is 1. The zero-order chi connectivity index (χ0) is 26.5. The highest BCUT2D eigenvalue weighted by atomic mass is 19.1. The number of anilines is 3. The number of benzene rings is 1. The molecule has 0 aliphatic carbocycles. The highest BCUT2D eigenvalue weighted by Crippen LogP contribution is 2.28. The topological polar surface area (TPSA) is 111 Å². The van der Waals surface area contributed by atoms with Gasteiger partial charge in [-0.2, -0.15) is 0 Å². The van der Waals surface area contributed by atoms with Crippen molar-refractivity contribution in [2.75, 3.05) is 37.5 Å². The zero-order valence-corrected chi connectivity index (χ0v) is 20.9. The number of halogens is 2. The van der Waals surface area contributed by atoms with E-state index >= 15 is 0 Å². The molecule has 0 bridgehead atoms. The quantitative estimate of drug-likeness (QED) is 0.434. The monoisotopic (exact) mass is 514 g/mol. The molecule has 0 radical (unpaired) electrons. The van der Waals surface area contributed by atoms with E-state index in [1.165, 1.54) is 19.5 Å². The molecule has 1 aliphatic rings. The largest absolute Gasteiger partial charge is 0.494 e. The van der Waals surface area contributed by atoms with Crippen molar-refractivity contribution >= 4 is 23.4 Å². The molecule has 4 rings (SSSR count). The van der Waals surface area contributed by atoms with Gasteiger partial charge in [0.05, 0.1) is 37.7 Å². The number of hydrogen-bond acceptors (Lipinski definition) is 10. The van der Waals surface area contributed by atoms with Gasteiger partial charge in [-0.15, -0.1) is 0 Å². The number of aromatic nitrogens is 3. The lowest BCUT2D eigenvalue weighted by Crippen LogP contribution is -2.54. The minimum atomic E-state index is -1.09. The van der Waals surface area contributed by atoms with Crippen LogP contribution in [0.4, 0.5) is 26.2 Å². The second kappa shape index (κ2) is 11.3. The maximum atomic E-state index is 14.8. The summed E-state index contributed by atoms with van der Waals surface area (Å²) in [6.45, 7) is 5.44. The molecule has 1 aromatic carbocycles. The molecule has 3 heterocycles. The molecule has 0 spiro atoms. The van der Waals surface area contributed by atoms with Crippen LogP contribution in [0.5, 0.6) is 11.5 Å². The molecule has 0 saturated carbocycles. The molecule has 196 valence electrons. The van der Waals surface area contributed by atoms with Crippen LogP contribution in [0.15, 0.2) is 36.8 Å². The number of nitrogens with zero attached hydrogens (tertiary/aromatic N) is 4. The van der Waals surface area contributed by atoms with Crippen molar-refractivity contribution in [2.24, 2.45) is 0 Å². The van der Waals surface area contributed by atoms with Crippen molar-refractivity contribution in [1.82, 2.24) is 20.3 Å². The Hall–Kier alpha value is -4.06. The fourth-order valence-electron chi connectivity index (χ4n) is 4.12. The summed E-state index contributed by atoms with van der Waals surface area (Å²) >= 11 is 0. The van der Waals surface area contributed by atoms with Crippen LogP contribution >= 0.6 is 0 Å². The maximum absolute atomic E-state index is 14.8. The van der Waals surface area contributed by atoms with E-state index in [1.54, 1.807) is 12.3 Å². The van der Waals surface area contributed by atoms with E-state index in [4.69, 9.17) is 9.47 Å². The number of hydrogen-bond donors (Lipinski definition) is 2. The molecule has 2 atom stereocenters. The fourth-order valence-corrected chi connectivity index (χ4v) is 4.12. The van der Waals surface area contributed by atoms with Gasteiger partial charge in [0, 0.05) is 49.2 Å². The van der Waals surface area contributed by atoms with Crippen molar-refractivity contribution in [2.45, 2.75) is 32.5 Å². The first-order chi connectivity index (χ1) is 17.8. The van der Waals surface area contributed by atoms with Crippen molar-refractivity contribution in [3.8, 4) is 11.5 Å². The fraction of sp³-hybridized carbons (Fsp3) is 0.360. The second-order valence-corrected chi connectivity index (χ2v) is 8.66. The third kappa shape index (κ3) is 6.02. The maximum Gasteiger partial charge on any atom is 0.341 e. The van der Waals surface area contributed by atoms with E-state index in [-0.39, 0.29) is 11.5 Å². The molecule has 37 heavy (non-hydrogen) atoms. The lowest BCUT2D eigenvalue weighted by atomic mass is 10.1. The zero-order valence-electron chi connectivity index (χ0n) is 20.9. The van der Waals surface area contributed by atoms with E-state index < -0.39 is 35.3 Å². The summed E-state index contributed by atoms with van der Waals surface area (Å²) in [6, 6.07) is 5.37. The molecule has 0 unspecified atom stereocenters. The Morgan fingerprint density at radius 2 is 1.81 bits per heavy atom. The van der Waals surface area contributed by atoms with Crippen LogP contribution in [0.25, 0.3) is 0 Å². The van der Waals surface area contributed by atoms with Crippen LogP contribution in [-0.2, 0) is 11.3 Å². The van der Waals surface area contributed by atoms with Gasteiger partial charge in [-0.05, 0) is 19.9 Å². The number of carbonyl (C=O) groups excluding carboxylic acids is 1. The third-order valence-electron chi connectivity index (χ3n) is 5.78. The van der Waals surface area contributed by atoms with E-state index in [0.29, 0.717) is 18.0 Å². The second-order valence-electron chi connectivity index (χ2n) is 8.66. The number of piperazine rings is 1. The van der Waals surface area contributed by atoms with Gasteiger partial charge in [0.2, 0.25) is 5.95 Å². The Bertz CT molecular complexity index is 1250. The number of methoxy groups -OCH3 is 2. The van der Waals surface area contributed by atoms with E-state index in [2.05, 4.69) is 49.1 Å². The number of esters is 1. The molecular formula is C25H28F2N6O4. The van der Waals surface area contributed by atoms with Crippen molar-refractivity contribution < 1.29 is 27.8 Å². The first-order valence-electron chi connectivity index (χ1n) is 11.6. The van der Waals surface area contributed by atoms with Crippen LogP contribution in [0.1, 0.15) is 29.8 Å². The van der Waals surface area contributed by atoms with Crippen LogP contribution in [0.3, 0.4) is 0 Å². The molecule has 10 nitrogen and oxygen atoms in total. The summed E-state index contributed by atoms with van der Waals surface area (Å²) in [4.78, 5) is 27.0. The Balaban J connectivity index is 1.44. The molecule has 0 amide bonds. The van der Waals surface area contributed by atoms with Crippen LogP contribution in [-0.4, -0.2) is 60.3 Å². The normalized spacial score (nSPS) is 17.3. The molecule has 2 N–H and O–H groups in total. The summed E-state index contributed by atoms with van der Waals surface area (Å²) in [5.41, 5.74) is -0.187. The lowest BCUT2D eigenvalue weighted by Gasteiger charge is -2.37. The van der Waals surface area contributed by atoms with Gasteiger partial charge in [0.1, 0.15) is 18.2 Å². The van der Waals surface area contributed by atoms with Crippen LogP contribution in [0, 0.1) is 11.6 Å². The summed E-state index contributed by atoms with van der Waals surface area (Å²) < 4.78 is 44.4. The predicted octanol–water partition coefficient (Wildman–Crippen LogP) is 3.45. The van der Waals surface area contributed by atoms with Gasteiger partial charge >= 0.3 is 5.97 Å². The Labute approximate surface area is 213 Å². The standard InChI is InChI=1S/C25H28F2N6O4/c1-14-11-33(12-15(2)31-14)21-7-16(5-6-28-21)32-25-29-9-17(10-30-25)37-13-19-22(26)18(24(34)36-4)8-20(35-3)23(19)27/h5-10,14-15,31H,11-13H2,1-4H3,(H,28,29,30,32)/t14-,15+. The summed E-state index contributed by atoms with van der Waals surface area (Å²) in [6.07, 6.45) is 4.45. The summed E-state index contributed by atoms with van der Waals surface area (Å²) in [5, 5.41) is 6.61. The number of carbonyl (C=O) groups is 1. The van der Waals surface area contributed by atoms with Gasteiger partial charge in [-0.3, -0.25) is 0 Å². The Morgan fingerprint density at radius 3 is 2.46 bits per heavy atom. The first kappa shape index (κ1) is 26.0. The summed E-state index contributed by atoms with van der Waals surface area (Å²) in [7, 11) is 2.30. The molecule has 12 heteroatoms. The highest BCUT2D eigenvalue weighted by molar-refractivity contribution is 5.90. The molecule has 2 aromatic heterocycles. The van der Waals surface area contributed by atoms with Gasteiger partial charge < -0.3 is 29.7 Å². The van der Waals surface area contributed by atoms with E-state index in [1.807, 2.05) is 6.07 Å². The predicted molar refractivity (Wildman–Crippen MR) is 132 cm³/mol. The van der Waals surface area contributed by atoms with Crippen molar-refractivity contribution in [3.63, 3.8) is 0 Å². The Kier molecular flexibility index (Phi) is 7.97. The smallest absolute Gasteiger partial charge is 0.341 e. The average molecular weight is 515 g/mol. The molecule has 1 fully saturated rings. The van der Waals surface area contributed by atoms with E-state index in [0.717, 1.165) is 37.8 Å². The lowest BCUT2D eigenvalue weighted by molar-refractivity contribution is 0.0594. The Morgan fingerprint density at radius 1 is 1.11 bits per heavy atom. The number of ether oxygens (including phenoxy) is 3. The summed E-state index contributed by atoms with van der Waals surface area (Å²) in [5.74, 6) is -2.02. The van der Waals surface area contributed by atoms with Gasteiger partial charge in [-0.1, -0.05) is 0 Å².